The summed E-state index contributed by atoms with van der Waals surface area (Å²) in [6.45, 7) is 6.10. The second kappa shape index (κ2) is 10.9. The van der Waals surface area contributed by atoms with E-state index in [4.69, 9.17) is 16.3 Å². The van der Waals surface area contributed by atoms with E-state index in [1.165, 1.54) is 17.8 Å². The normalized spacial score (nSPS) is 15.3. The minimum absolute atomic E-state index is 0.160. The molecule has 1 aliphatic rings. The Balaban J connectivity index is 1.34. The van der Waals surface area contributed by atoms with Crippen molar-refractivity contribution in [2.45, 2.75) is 27.4 Å². The average Bonchev–Trinajstić information content (AvgIpc) is 3.39. The summed E-state index contributed by atoms with van der Waals surface area (Å²) in [6, 6.07) is 21.8. The predicted molar refractivity (Wildman–Crippen MR) is 153 cm³/mol. The molecule has 1 N–H and O–H groups in total. The van der Waals surface area contributed by atoms with Crippen LogP contribution >= 0.6 is 23.4 Å². The van der Waals surface area contributed by atoms with Crippen molar-refractivity contribution in [1.82, 2.24) is 9.88 Å². The van der Waals surface area contributed by atoms with Crippen LogP contribution in [0, 0.1) is 26.6 Å². The van der Waals surface area contributed by atoms with Crippen molar-refractivity contribution in [3.8, 4) is 11.4 Å². The highest BCUT2D eigenvalue weighted by Gasteiger charge is 2.25. The van der Waals surface area contributed by atoms with E-state index >= 15 is 0 Å². The lowest BCUT2D eigenvalue weighted by atomic mass is 10.2. The fraction of sp³-hybridized carbons (Fsp3) is 0.133. The zero-order valence-corrected chi connectivity index (χ0v) is 22.7. The molecular formula is C30H25ClFN3O2S. The van der Waals surface area contributed by atoms with Crippen molar-refractivity contribution in [3.05, 3.63) is 117 Å². The topological polar surface area (TPSA) is 55.6 Å². The number of amides is 1. The molecular weight excluding hydrogens is 521 g/mol. The fourth-order valence-corrected chi connectivity index (χ4v) is 5.24. The van der Waals surface area contributed by atoms with E-state index < -0.39 is 0 Å². The highest BCUT2D eigenvalue weighted by Crippen LogP contribution is 2.32. The molecule has 1 aliphatic heterocycles. The van der Waals surface area contributed by atoms with Gasteiger partial charge in [0.25, 0.3) is 5.91 Å². The number of ether oxygens (including phenoxy) is 1. The van der Waals surface area contributed by atoms with Crippen molar-refractivity contribution >= 4 is 46.2 Å². The molecule has 0 spiro atoms. The Morgan fingerprint density at radius 2 is 1.82 bits per heavy atom. The maximum Gasteiger partial charge on any atom is 0.264 e. The first-order valence-corrected chi connectivity index (χ1v) is 13.2. The SMILES string of the molecule is Cc1c(Cl)cccc1N=C1NC(=O)/C(=C\c2cc(C)n(-c3ccc(OCc4ccccc4F)cc3)c2C)S1. The number of thioether (sulfide) groups is 1. The van der Waals surface area contributed by atoms with Gasteiger partial charge >= 0.3 is 0 Å². The van der Waals surface area contributed by atoms with E-state index in [0.717, 1.165) is 33.9 Å². The number of amidine groups is 1. The maximum absolute atomic E-state index is 13.9. The van der Waals surface area contributed by atoms with Crippen LogP contribution in [0.4, 0.5) is 10.1 Å². The molecule has 3 aromatic carbocycles. The van der Waals surface area contributed by atoms with E-state index in [9.17, 15) is 9.18 Å². The summed E-state index contributed by atoms with van der Waals surface area (Å²) in [4.78, 5) is 17.8. The molecule has 0 radical (unpaired) electrons. The first-order valence-electron chi connectivity index (χ1n) is 12.0. The van der Waals surface area contributed by atoms with Crippen LogP contribution in [0.15, 0.2) is 82.7 Å². The number of aliphatic imine (C=N–C) groups is 1. The van der Waals surface area contributed by atoms with Gasteiger partial charge in [0.15, 0.2) is 5.17 Å². The van der Waals surface area contributed by atoms with Crippen LogP contribution < -0.4 is 10.1 Å². The van der Waals surface area contributed by atoms with Gasteiger partial charge in [-0.25, -0.2) is 9.38 Å². The third-order valence-corrected chi connectivity index (χ3v) is 7.64. The van der Waals surface area contributed by atoms with Gasteiger partial charge in [-0.15, -0.1) is 0 Å². The van der Waals surface area contributed by atoms with E-state index in [2.05, 4.69) is 20.9 Å². The number of carbonyl (C=O) groups is 1. The number of halogens is 2. The molecule has 1 fully saturated rings. The molecule has 0 bridgehead atoms. The van der Waals surface area contributed by atoms with E-state index in [1.54, 1.807) is 18.2 Å². The van der Waals surface area contributed by atoms with Crippen molar-refractivity contribution in [2.24, 2.45) is 4.99 Å². The molecule has 192 valence electrons. The summed E-state index contributed by atoms with van der Waals surface area (Å²) < 4.78 is 21.8. The van der Waals surface area contributed by atoms with Crippen molar-refractivity contribution in [1.29, 1.82) is 0 Å². The van der Waals surface area contributed by atoms with Crippen molar-refractivity contribution in [3.63, 3.8) is 0 Å². The number of aromatic nitrogens is 1. The number of hydrogen-bond acceptors (Lipinski definition) is 4. The molecule has 1 amide bonds. The minimum Gasteiger partial charge on any atom is -0.489 e. The number of nitrogens with one attached hydrogen (secondary N) is 1. The maximum atomic E-state index is 13.9. The smallest absolute Gasteiger partial charge is 0.264 e. The van der Waals surface area contributed by atoms with Crippen LogP contribution in [0.1, 0.15) is 28.1 Å². The third kappa shape index (κ3) is 5.39. The Labute approximate surface area is 230 Å². The zero-order chi connectivity index (χ0) is 26.8. The zero-order valence-electron chi connectivity index (χ0n) is 21.1. The fourth-order valence-electron chi connectivity index (χ4n) is 4.25. The molecule has 2 heterocycles. The molecule has 0 aliphatic carbocycles. The van der Waals surface area contributed by atoms with Crippen LogP contribution in [0.25, 0.3) is 11.8 Å². The Morgan fingerprint density at radius 1 is 1.05 bits per heavy atom. The molecule has 0 atom stereocenters. The van der Waals surface area contributed by atoms with Crippen molar-refractivity contribution in [2.75, 3.05) is 0 Å². The van der Waals surface area contributed by atoms with Gasteiger partial charge < -0.3 is 14.6 Å². The Hall–Kier alpha value is -3.81. The number of nitrogens with zero attached hydrogens (tertiary/aromatic N) is 2. The lowest BCUT2D eigenvalue weighted by molar-refractivity contribution is -0.115. The molecule has 4 aromatic rings. The number of aryl methyl sites for hydroxylation is 1. The summed E-state index contributed by atoms with van der Waals surface area (Å²) >= 11 is 7.51. The Bertz CT molecular complexity index is 1590. The molecule has 38 heavy (non-hydrogen) atoms. The molecule has 1 saturated heterocycles. The number of carbonyl (C=O) groups excluding carboxylic acids is 1. The van der Waals surface area contributed by atoms with E-state index in [0.29, 0.717) is 26.4 Å². The highest BCUT2D eigenvalue weighted by molar-refractivity contribution is 8.18. The molecule has 1 aromatic heterocycles. The summed E-state index contributed by atoms with van der Waals surface area (Å²) in [7, 11) is 0. The van der Waals surface area contributed by atoms with Crippen molar-refractivity contribution < 1.29 is 13.9 Å². The van der Waals surface area contributed by atoms with Gasteiger partial charge in [0.05, 0.1) is 10.6 Å². The lowest BCUT2D eigenvalue weighted by Gasteiger charge is -2.12. The quantitative estimate of drug-likeness (QED) is 0.253. The van der Waals surface area contributed by atoms with Crippen LogP contribution in [0.3, 0.4) is 0 Å². The van der Waals surface area contributed by atoms with Crippen LogP contribution in [-0.4, -0.2) is 15.6 Å². The molecule has 0 saturated carbocycles. The number of rotatable bonds is 6. The number of benzene rings is 3. The molecule has 5 nitrogen and oxygen atoms in total. The predicted octanol–water partition coefficient (Wildman–Crippen LogP) is 7.67. The molecule has 8 heteroatoms. The monoisotopic (exact) mass is 545 g/mol. The minimum atomic E-state index is -0.281. The third-order valence-electron chi connectivity index (χ3n) is 6.32. The van der Waals surface area contributed by atoms with Gasteiger partial charge in [-0.05, 0) is 98.3 Å². The summed E-state index contributed by atoms with van der Waals surface area (Å²) in [5, 5.41) is 4.00. The molecule has 0 unspecified atom stereocenters. The summed E-state index contributed by atoms with van der Waals surface area (Å²) in [6.07, 6.45) is 1.89. The number of hydrogen-bond donors (Lipinski definition) is 1. The van der Waals surface area contributed by atoms with E-state index in [-0.39, 0.29) is 18.3 Å². The summed E-state index contributed by atoms with van der Waals surface area (Å²) in [5.41, 5.74) is 6.03. The van der Waals surface area contributed by atoms with E-state index in [1.807, 2.05) is 69.3 Å². The van der Waals surface area contributed by atoms with Gasteiger partial charge in [0.1, 0.15) is 18.2 Å². The van der Waals surface area contributed by atoms with Gasteiger partial charge in [-0.3, -0.25) is 4.79 Å². The second-order valence-electron chi connectivity index (χ2n) is 8.90. The first-order chi connectivity index (χ1) is 18.3. The lowest BCUT2D eigenvalue weighted by Crippen LogP contribution is -2.19. The Kier molecular flexibility index (Phi) is 7.40. The standard InChI is InChI=1S/C30H25ClFN3O2S/c1-18-15-22(16-28-29(36)34-30(38-28)33-27-10-6-8-25(31)19(27)2)20(3)35(18)23-11-13-24(14-12-23)37-17-21-7-4-5-9-26(21)32/h4-16H,17H2,1-3H3,(H,33,34,36)/b28-16+. The van der Waals surface area contributed by atoms with Crippen LogP contribution in [0.5, 0.6) is 5.75 Å². The van der Waals surface area contributed by atoms with Gasteiger partial charge in [-0.2, -0.15) is 0 Å². The Morgan fingerprint density at radius 3 is 2.58 bits per heavy atom. The first kappa shape index (κ1) is 25.8. The average molecular weight is 546 g/mol. The largest absolute Gasteiger partial charge is 0.489 e. The molecule has 5 rings (SSSR count). The van der Waals surface area contributed by atoms with Gasteiger partial charge in [-0.1, -0.05) is 35.9 Å². The second-order valence-corrected chi connectivity index (χ2v) is 10.3. The highest BCUT2D eigenvalue weighted by atomic mass is 35.5. The van der Waals surface area contributed by atoms with Gasteiger partial charge in [0.2, 0.25) is 0 Å². The van der Waals surface area contributed by atoms with Gasteiger partial charge in [0, 0.05) is 27.7 Å². The summed E-state index contributed by atoms with van der Waals surface area (Å²) in [5.74, 6) is 0.189. The van der Waals surface area contributed by atoms with Crippen LogP contribution in [0.2, 0.25) is 5.02 Å². The van der Waals surface area contributed by atoms with Crippen LogP contribution in [-0.2, 0) is 11.4 Å².